The van der Waals surface area contributed by atoms with Gasteiger partial charge in [-0.15, -0.1) is 12.4 Å². The fraction of sp³-hybridized carbons (Fsp3) is 0.440. The highest BCUT2D eigenvalue weighted by molar-refractivity contribution is 5.90. The standard InChI is InChI=1S/C25H29N3O.ClH/c1-18(19-8-3-2-4-9-19)26-28-13-7-10-20-15-27-16-21(17-29)22-11-5-6-12-23(22)25(27)14-24(20)28;/h2-6,8-9,11-12,18,20,24-26H,7,10,13-16H2,1H3;1H/t18-,20-,24+,25+;/m1./s1. The van der Waals surface area contributed by atoms with Crippen LogP contribution in [0.5, 0.6) is 0 Å². The van der Waals surface area contributed by atoms with Gasteiger partial charge in [-0.25, -0.2) is 15.2 Å². The van der Waals surface area contributed by atoms with Crippen molar-refractivity contribution in [1.29, 1.82) is 0 Å². The fourth-order valence-electron chi connectivity index (χ4n) is 5.64. The van der Waals surface area contributed by atoms with Gasteiger partial charge in [0.2, 0.25) is 0 Å². The number of hydrazine groups is 1. The summed E-state index contributed by atoms with van der Waals surface area (Å²) in [7, 11) is 0. The van der Waals surface area contributed by atoms with Gasteiger partial charge in [-0.1, -0.05) is 54.6 Å². The van der Waals surface area contributed by atoms with E-state index in [1.807, 2.05) is 6.07 Å². The summed E-state index contributed by atoms with van der Waals surface area (Å²) in [5.74, 6) is 2.87. The highest BCUT2D eigenvalue weighted by atomic mass is 35.5. The van der Waals surface area contributed by atoms with Crippen LogP contribution in [-0.2, 0) is 4.79 Å². The van der Waals surface area contributed by atoms with Crippen LogP contribution in [0.15, 0.2) is 54.6 Å². The van der Waals surface area contributed by atoms with Gasteiger partial charge in [0, 0.05) is 37.8 Å². The third-order valence-electron chi connectivity index (χ3n) is 7.08. The normalized spacial score (nSPS) is 27.1. The van der Waals surface area contributed by atoms with Gasteiger partial charge in [0.05, 0.1) is 5.57 Å². The van der Waals surface area contributed by atoms with E-state index in [-0.39, 0.29) is 12.4 Å². The maximum Gasteiger partial charge on any atom is 0.129 e. The van der Waals surface area contributed by atoms with Crippen LogP contribution in [0.4, 0.5) is 0 Å². The lowest BCUT2D eigenvalue weighted by Gasteiger charge is -2.52. The second-order valence-electron chi connectivity index (χ2n) is 8.77. The van der Waals surface area contributed by atoms with E-state index in [2.05, 4.69) is 76.7 Å². The van der Waals surface area contributed by atoms with Crippen LogP contribution in [-0.4, -0.2) is 41.5 Å². The Balaban J connectivity index is 0.00000218. The SMILES string of the molecule is C[C@@H](NN1CCC[C@@H]2CN3CC(=C=O)c4ccccc4[C@@H]3C[C@@H]21)c1ccccc1.Cl. The number of hydrogen-bond acceptors (Lipinski definition) is 4. The topological polar surface area (TPSA) is 35.6 Å². The van der Waals surface area contributed by atoms with Crippen molar-refractivity contribution in [2.24, 2.45) is 5.92 Å². The largest absolute Gasteiger partial charge is 0.291 e. The molecule has 4 atom stereocenters. The first-order valence-corrected chi connectivity index (χ1v) is 10.9. The number of fused-ring (bicyclic) bond motifs is 4. The Morgan fingerprint density at radius 1 is 1.10 bits per heavy atom. The minimum atomic E-state index is 0. The number of halogens is 1. The highest BCUT2D eigenvalue weighted by Crippen LogP contribution is 2.44. The Morgan fingerprint density at radius 3 is 2.67 bits per heavy atom. The van der Waals surface area contributed by atoms with Crippen LogP contribution in [0.25, 0.3) is 5.57 Å². The fourth-order valence-corrected chi connectivity index (χ4v) is 5.64. The first-order chi connectivity index (χ1) is 14.2. The molecule has 0 bridgehead atoms. The number of nitrogens with zero attached hydrogens (tertiary/aromatic N) is 2. The van der Waals surface area contributed by atoms with Gasteiger partial charge in [-0.2, -0.15) is 0 Å². The molecule has 1 N–H and O–H groups in total. The average molecular weight is 424 g/mol. The maximum atomic E-state index is 11.6. The van der Waals surface area contributed by atoms with Crippen LogP contribution in [0.1, 0.15) is 55.0 Å². The second-order valence-corrected chi connectivity index (χ2v) is 8.77. The number of benzene rings is 2. The van der Waals surface area contributed by atoms with Crippen molar-refractivity contribution in [2.45, 2.75) is 44.3 Å². The molecule has 2 saturated heterocycles. The quantitative estimate of drug-likeness (QED) is 0.741. The number of piperidine rings is 2. The van der Waals surface area contributed by atoms with Gasteiger partial charge < -0.3 is 0 Å². The first kappa shape index (κ1) is 21.3. The van der Waals surface area contributed by atoms with Crippen molar-refractivity contribution in [3.8, 4) is 0 Å². The Morgan fingerprint density at radius 2 is 1.87 bits per heavy atom. The molecule has 3 aliphatic rings. The molecule has 5 heteroatoms. The van der Waals surface area contributed by atoms with Crippen molar-refractivity contribution >= 4 is 23.9 Å². The molecule has 158 valence electrons. The summed E-state index contributed by atoms with van der Waals surface area (Å²) in [5, 5.41) is 2.52. The molecule has 3 aliphatic heterocycles. The molecule has 4 nitrogen and oxygen atoms in total. The molecule has 2 fully saturated rings. The summed E-state index contributed by atoms with van der Waals surface area (Å²) in [5.41, 5.74) is 8.38. The number of carbonyl (C=O) groups excluding carboxylic acids is 1. The molecule has 3 heterocycles. The van der Waals surface area contributed by atoms with Crippen LogP contribution in [0.3, 0.4) is 0 Å². The number of rotatable bonds is 3. The van der Waals surface area contributed by atoms with Crippen LogP contribution in [0.2, 0.25) is 0 Å². The van der Waals surface area contributed by atoms with Gasteiger partial charge in [-0.3, -0.25) is 4.90 Å². The van der Waals surface area contributed by atoms with Crippen molar-refractivity contribution in [3.63, 3.8) is 0 Å². The first-order valence-electron chi connectivity index (χ1n) is 10.9. The molecular weight excluding hydrogens is 394 g/mol. The molecule has 0 radical (unpaired) electrons. The van der Waals surface area contributed by atoms with Gasteiger partial charge in [-0.05, 0) is 48.8 Å². The Bertz CT molecular complexity index is 927. The molecule has 30 heavy (non-hydrogen) atoms. The van der Waals surface area contributed by atoms with Gasteiger partial charge >= 0.3 is 0 Å². The number of hydrogen-bond donors (Lipinski definition) is 1. The van der Waals surface area contributed by atoms with E-state index in [4.69, 9.17) is 0 Å². The zero-order valence-corrected chi connectivity index (χ0v) is 18.3. The lowest BCUT2D eigenvalue weighted by atomic mass is 9.76. The molecule has 5 rings (SSSR count). The lowest BCUT2D eigenvalue weighted by Crippen LogP contribution is -2.59. The zero-order chi connectivity index (χ0) is 19.8. The molecular formula is C25H30ClN3O. The minimum absolute atomic E-state index is 0. The molecule has 2 aromatic carbocycles. The lowest BCUT2D eigenvalue weighted by molar-refractivity contribution is -0.0372. The smallest absolute Gasteiger partial charge is 0.129 e. The van der Waals surface area contributed by atoms with Crippen molar-refractivity contribution < 1.29 is 4.79 Å². The van der Waals surface area contributed by atoms with Crippen LogP contribution < -0.4 is 5.43 Å². The van der Waals surface area contributed by atoms with Crippen molar-refractivity contribution in [2.75, 3.05) is 19.6 Å². The zero-order valence-electron chi connectivity index (χ0n) is 17.5. The van der Waals surface area contributed by atoms with E-state index < -0.39 is 0 Å². The molecule has 0 unspecified atom stereocenters. The molecule has 0 aliphatic carbocycles. The third-order valence-corrected chi connectivity index (χ3v) is 7.08. The van der Waals surface area contributed by atoms with Gasteiger partial charge in [0.25, 0.3) is 0 Å². The maximum absolute atomic E-state index is 11.6. The number of nitrogens with one attached hydrogen (secondary N) is 1. The molecule has 0 amide bonds. The summed E-state index contributed by atoms with van der Waals surface area (Å²) in [6.45, 7) is 5.16. The highest BCUT2D eigenvalue weighted by Gasteiger charge is 2.43. The van der Waals surface area contributed by atoms with Crippen molar-refractivity contribution in [3.05, 3.63) is 71.3 Å². The predicted molar refractivity (Wildman–Crippen MR) is 123 cm³/mol. The van der Waals surface area contributed by atoms with Gasteiger partial charge in [0.15, 0.2) is 0 Å². The summed E-state index contributed by atoms with van der Waals surface area (Å²) >= 11 is 0. The summed E-state index contributed by atoms with van der Waals surface area (Å²) in [4.78, 5) is 14.1. The second kappa shape index (κ2) is 9.05. The van der Waals surface area contributed by atoms with E-state index in [9.17, 15) is 4.79 Å². The molecule has 0 aromatic heterocycles. The van der Waals surface area contributed by atoms with E-state index in [0.717, 1.165) is 37.2 Å². The summed E-state index contributed by atoms with van der Waals surface area (Å²) in [6, 6.07) is 20.4. The van der Waals surface area contributed by atoms with E-state index >= 15 is 0 Å². The monoisotopic (exact) mass is 423 g/mol. The Hall–Kier alpha value is -1.94. The molecule has 2 aromatic rings. The average Bonchev–Trinajstić information content (AvgIpc) is 2.78. The summed E-state index contributed by atoms with van der Waals surface area (Å²) < 4.78 is 0. The minimum Gasteiger partial charge on any atom is -0.291 e. The van der Waals surface area contributed by atoms with Crippen molar-refractivity contribution in [1.82, 2.24) is 15.3 Å². The van der Waals surface area contributed by atoms with Crippen LogP contribution >= 0.6 is 12.4 Å². The van der Waals surface area contributed by atoms with Gasteiger partial charge in [0.1, 0.15) is 5.94 Å². The third kappa shape index (κ3) is 3.87. The van der Waals surface area contributed by atoms with E-state index in [1.54, 1.807) is 0 Å². The van der Waals surface area contributed by atoms with E-state index in [1.165, 1.54) is 24.0 Å². The van der Waals surface area contributed by atoms with Crippen LogP contribution in [0, 0.1) is 5.92 Å². The Labute approximate surface area is 185 Å². The summed E-state index contributed by atoms with van der Waals surface area (Å²) in [6.07, 6.45) is 3.61. The van der Waals surface area contributed by atoms with E-state index in [0.29, 0.717) is 24.0 Å². The Kier molecular flexibility index (Phi) is 6.43. The molecule has 0 spiro atoms. The predicted octanol–water partition coefficient (Wildman–Crippen LogP) is 4.43. The molecule has 0 saturated carbocycles.